The van der Waals surface area contributed by atoms with Gasteiger partial charge in [0.05, 0.1) is 24.6 Å². The summed E-state index contributed by atoms with van der Waals surface area (Å²) in [6.07, 6.45) is 7.70. The number of hydrogen-bond donors (Lipinski definition) is 2. The molecule has 3 heterocycles. The molecule has 2 fully saturated rings. The Balaban J connectivity index is 0.000000617. The first-order valence-corrected chi connectivity index (χ1v) is 14.9. The molecule has 0 atom stereocenters. The van der Waals surface area contributed by atoms with Crippen molar-refractivity contribution in [2.75, 3.05) is 51.5 Å². The summed E-state index contributed by atoms with van der Waals surface area (Å²) in [5.74, 6) is 1.57. The molecule has 2 N–H and O–H groups in total. The summed E-state index contributed by atoms with van der Waals surface area (Å²) in [7, 11) is 2.05. The maximum atomic E-state index is 13.2. The third kappa shape index (κ3) is 6.72. The van der Waals surface area contributed by atoms with E-state index in [9.17, 15) is 13.2 Å². The van der Waals surface area contributed by atoms with Crippen molar-refractivity contribution < 1.29 is 17.7 Å². The second kappa shape index (κ2) is 11.8. The van der Waals surface area contributed by atoms with Crippen molar-refractivity contribution in [3.8, 4) is 17.1 Å². The molecule has 0 amide bonds. The number of ether oxygens (including phenoxy) is 1. The van der Waals surface area contributed by atoms with Gasteiger partial charge in [-0.2, -0.15) is 13.5 Å². The predicted octanol–water partition coefficient (Wildman–Crippen LogP) is 3.03. The number of aromatic nitrogens is 4. The minimum Gasteiger partial charge on any atom is -0.496 e. The Bertz CT molecular complexity index is 1420. The van der Waals surface area contributed by atoms with Crippen LogP contribution in [0.2, 0.25) is 0 Å². The number of aryl methyl sites for hydroxylation is 1. The smallest absolute Gasteiger partial charge is 0.262 e. The van der Waals surface area contributed by atoms with Crippen molar-refractivity contribution in [1.82, 2.24) is 24.6 Å². The topological polar surface area (TPSA) is 134 Å². The predicted molar refractivity (Wildman–Crippen MR) is 149 cm³/mol. The number of aromatic amines is 1. The Kier molecular flexibility index (Phi) is 8.74. The van der Waals surface area contributed by atoms with Gasteiger partial charge in [-0.3, -0.25) is 9.35 Å². The summed E-state index contributed by atoms with van der Waals surface area (Å²) < 4.78 is 33.4. The highest BCUT2D eigenvalue weighted by molar-refractivity contribution is 7.85. The van der Waals surface area contributed by atoms with E-state index in [-0.39, 0.29) is 5.56 Å². The first kappa shape index (κ1) is 28.1. The van der Waals surface area contributed by atoms with Crippen molar-refractivity contribution in [2.45, 2.75) is 44.4 Å². The molecular formula is C26H38N6O5S. The minimum atomic E-state index is -3.67. The number of likely N-dealkylation sites (N-methyl/N-ethyl adjacent to an activating group) is 1. The third-order valence-corrected chi connectivity index (χ3v) is 7.24. The average Bonchev–Trinajstić information content (AvgIpc) is 3.06. The zero-order valence-corrected chi connectivity index (χ0v) is 23.4. The second-order valence-corrected chi connectivity index (χ2v) is 11.7. The van der Waals surface area contributed by atoms with E-state index in [4.69, 9.17) is 19.4 Å². The van der Waals surface area contributed by atoms with Crippen LogP contribution in [0.5, 0.6) is 5.75 Å². The number of H-pyrrole nitrogens is 1. The molecule has 2 aromatic heterocycles. The molecule has 0 radical (unpaired) electrons. The zero-order chi connectivity index (χ0) is 27.4. The van der Waals surface area contributed by atoms with Crippen LogP contribution in [0.25, 0.3) is 22.4 Å². The fourth-order valence-electron chi connectivity index (χ4n) is 5.35. The van der Waals surface area contributed by atoms with Gasteiger partial charge in [-0.05, 0) is 45.0 Å². The summed E-state index contributed by atoms with van der Waals surface area (Å²) in [5.41, 5.74) is 3.34. The number of anilines is 1. The van der Waals surface area contributed by atoms with Crippen LogP contribution in [0.15, 0.2) is 23.0 Å². The van der Waals surface area contributed by atoms with Gasteiger partial charge >= 0.3 is 0 Å². The molecule has 3 aromatic rings. The second-order valence-electron chi connectivity index (χ2n) is 10.2. The molecule has 0 bridgehead atoms. The number of benzene rings is 1. The lowest BCUT2D eigenvalue weighted by Gasteiger charge is -2.24. The van der Waals surface area contributed by atoms with E-state index in [2.05, 4.69) is 34.0 Å². The van der Waals surface area contributed by atoms with Crippen LogP contribution in [0, 0.1) is 0 Å². The zero-order valence-electron chi connectivity index (χ0n) is 22.6. The van der Waals surface area contributed by atoms with Crippen molar-refractivity contribution in [3.05, 3.63) is 34.2 Å². The fourth-order valence-corrected chi connectivity index (χ4v) is 5.35. The van der Waals surface area contributed by atoms with Gasteiger partial charge in [0.15, 0.2) is 5.65 Å². The Morgan fingerprint density at radius 2 is 1.76 bits per heavy atom. The van der Waals surface area contributed by atoms with Gasteiger partial charge in [0.2, 0.25) is 0 Å². The Morgan fingerprint density at radius 1 is 1.05 bits per heavy atom. The Morgan fingerprint density at radius 3 is 2.45 bits per heavy atom. The van der Waals surface area contributed by atoms with Crippen molar-refractivity contribution >= 4 is 26.8 Å². The van der Waals surface area contributed by atoms with Gasteiger partial charge in [-0.25, -0.2) is 9.67 Å². The van der Waals surface area contributed by atoms with Crippen molar-refractivity contribution in [1.29, 1.82) is 0 Å². The average molecular weight is 547 g/mol. The molecule has 0 unspecified atom stereocenters. The van der Waals surface area contributed by atoms with Crippen LogP contribution < -0.4 is 15.2 Å². The summed E-state index contributed by atoms with van der Waals surface area (Å²) in [4.78, 5) is 25.9. The number of hydrogen-bond acceptors (Lipinski definition) is 8. The van der Waals surface area contributed by atoms with Crippen LogP contribution in [0.4, 0.5) is 5.69 Å². The molecule has 2 aliphatic rings. The molecule has 1 aliphatic heterocycles. The highest BCUT2D eigenvalue weighted by atomic mass is 32.2. The first-order chi connectivity index (χ1) is 18.0. The van der Waals surface area contributed by atoms with Gasteiger partial charge in [-0.1, -0.05) is 19.3 Å². The molecule has 5 rings (SSSR count). The summed E-state index contributed by atoms with van der Waals surface area (Å²) in [6.45, 7) is 4.16. The van der Waals surface area contributed by atoms with E-state index < -0.39 is 10.1 Å². The van der Waals surface area contributed by atoms with E-state index in [0.717, 1.165) is 62.4 Å². The maximum absolute atomic E-state index is 13.2. The van der Waals surface area contributed by atoms with Crippen LogP contribution in [-0.2, 0) is 17.2 Å². The number of rotatable bonds is 4. The fraction of sp³-hybridized carbons (Fsp3) is 0.577. The van der Waals surface area contributed by atoms with Crippen LogP contribution in [-0.4, -0.2) is 84.2 Å². The van der Waals surface area contributed by atoms with Crippen LogP contribution in [0.1, 0.15) is 50.1 Å². The molecule has 0 spiro atoms. The van der Waals surface area contributed by atoms with Gasteiger partial charge in [0.1, 0.15) is 17.0 Å². The summed E-state index contributed by atoms with van der Waals surface area (Å²) >= 11 is 0. The van der Waals surface area contributed by atoms with E-state index in [0.29, 0.717) is 34.8 Å². The standard InChI is InChI=1S/C25H34N6O2.CH4O3S/c1-29-12-7-13-31(15-14-29)18-10-11-19(20(16-18)33-3)23-26-24-21(25(32)27-23)22(28-30(24)2)17-8-5-4-6-9-17;1-5(2,3)4/h10-11,16-17H,4-9,12-15H2,1-3H3,(H,26,27,32);1H3,(H,2,3,4). The van der Waals surface area contributed by atoms with E-state index in [1.54, 1.807) is 11.8 Å². The van der Waals surface area contributed by atoms with Gasteiger partial charge in [0, 0.05) is 44.4 Å². The minimum absolute atomic E-state index is 0.120. The summed E-state index contributed by atoms with van der Waals surface area (Å²) in [6, 6.07) is 6.16. The molecule has 38 heavy (non-hydrogen) atoms. The maximum Gasteiger partial charge on any atom is 0.262 e. The van der Waals surface area contributed by atoms with Crippen LogP contribution >= 0.6 is 0 Å². The highest BCUT2D eigenvalue weighted by Gasteiger charge is 2.25. The number of nitrogens with zero attached hydrogens (tertiary/aromatic N) is 5. The molecule has 12 heteroatoms. The van der Waals surface area contributed by atoms with Gasteiger partial charge < -0.3 is 19.5 Å². The highest BCUT2D eigenvalue weighted by Crippen LogP contribution is 2.36. The normalized spacial score (nSPS) is 17.7. The number of fused-ring (bicyclic) bond motifs is 1. The molecule has 1 aromatic carbocycles. The molecule has 1 saturated carbocycles. The molecule has 1 saturated heterocycles. The number of methoxy groups -OCH3 is 1. The van der Waals surface area contributed by atoms with Crippen LogP contribution in [0.3, 0.4) is 0 Å². The van der Waals surface area contributed by atoms with Crippen molar-refractivity contribution in [3.63, 3.8) is 0 Å². The largest absolute Gasteiger partial charge is 0.496 e. The molecule has 1 aliphatic carbocycles. The third-order valence-electron chi connectivity index (χ3n) is 7.24. The monoisotopic (exact) mass is 546 g/mol. The quantitative estimate of drug-likeness (QED) is 0.474. The van der Waals surface area contributed by atoms with E-state index >= 15 is 0 Å². The van der Waals surface area contributed by atoms with Gasteiger partial charge in [0.25, 0.3) is 15.7 Å². The number of nitrogens with one attached hydrogen (secondary N) is 1. The lowest BCUT2D eigenvalue weighted by Crippen LogP contribution is -2.28. The lowest BCUT2D eigenvalue weighted by molar-refractivity contribution is 0.360. The molecular weight excluding hydrogens is 508 g/mol. The SMILES string of the molecule is COc1cc(N2CCCN(C)CC2)ccc1-c1nc2c(c(C3CCCCC3)nn2C)c(=O)[nH]1.CS(=O)(=O)O. The summed E-state index contributed by atoms with van der Waals surface area (Å²) in [5, 5.41) is 5.37. The first-order valence-electron chi connectivity index (χ1n) is 13.1. The Labute approximate surface area is 223 Å². The lowest BCUT2D eigenvalue weighted by atomic mass is 9.86. The molecule has 11 nitrogen and oxygen atoms in total. The van der Waals surface area contributed by atoms with E-state index in [1.165, 1.54) is 19.3 Å². The molecule has 208 valence electrons. The van der Waals surface area contributed by atoms with Gasteiger partial charge in [-0.15, -0.1) is 0 Å². The Hall–Kier alpha value is -2.96. The van der Waals surface area contributed by atoms with Crippen molar-refractivity contribution in [2.24, 2.45) is 7.05 Å². The van der Waals surface area contributed by atoms with E-state index in [1.807, 2.05) is 13.1 Å².